The molecule has 2 saturated heterocycles. The van der Waals surface area contributed by atoms with Crippen LogP contribution in [0.3, 0.4) is 0 Å². The summed E-state index contributed by atoms with van der Waals surface area (Å²) in [5.74, 6) is 1.68. The highest BCUT2D eigenvalue weighted by molar-refractivity contribution is 14.0. The van der Waals surface area contributed by atoms with Crippen LogP contribution in [-0.2, 0) is 6.54 Å². The Morgan fingerprint density at radius 3 is 2.52 bits per heavy atom. The molecule has 0 amide bonds. The summed E-state index contributed by atoms with van der Waals surface area (Å²) in [4.78, 5) is 9.86. The van der Waals surface area contributed by atoms with Crippen LogP contribution in [-0.4, -0.2) is 68.1 Å². The molecular weight excluding hydrogens is 497 g/mol. The molecule has 0 saturated carbocycles. The van der Waals surface area contributed by atoms with Gasteiger partial charge in [0, 0.05) is 50.3 Å². The molecule has 164 valence electrons. The van der Waals surface area contributed by atoms with Crippen LogP contribution in [0.4, 0.5) is 0 Å². The van der Waals surface area contributed by atoms with Gasteiger partial charge in [0.25, 0.3) is 0 Å². The fourth-order valence-corrected chi connectivity index (χ4v) is 4.37. The number of rotatable bonds is 6. The minimum Gasteiger partial charge on any atom is -0.357 e. The largest absolute Gasteiger partial charge is 0.357 e. The van der Waals surface area contributed by atoms with Gasteiger partial charge in [0.05, 0.1) is 0 Å². The number of nitrogens with one attached hydrogen (secondary N) is 2. The predicted molar refractivity (Wildman–Crippen MR) is 135 cm³/mol. The van der Waals surface area contributed by atoms with Gasteiger partial charge >= 0.3 is 0 Å². The molecule has 0 aliphatic carbocycles. The molecule has 0 spiro atoms. The summed E-state index contributed by atoms with van der Waals surface area (Å²) < 4.78 is 0. The Hall–Kier alpha value is -0.570. The van der Waals surface area contributed by atoms with Crippen molar-refractivity contribution in [2.45, 2.75) is 45.2 Å². The van der Waals surface area contributed by atoms with E-state index in [0.717, 1.165) is 56.5 Å². The second kappa shape index (κ2) is 13.0. The molecule has 1 aromatic rings. The number of benzene rings is 1. The van der Waals surface area contributed by atoms with E-state index in [0.29, 0.717) is 12.0 Å². The highest BCUT2D eigenvalue weighted by Gasteiger charge is 2.21. The summed E-state index contributed by atoms with van der Waals surface area (Å²) in [6.45, 7) is 9.62. The molecule has 2 fully saturated rings. The van der Waals surface area contributed by atoms with Crippen molar-refractivity contribution in [1.29, 1.82) is 0 Å². The third-order valence-corrected chi connectivity index (χ3v) is 6.07. The van der Waals surface area contributed by atoms with Gasteiger partial charge in [-0.2, -0.15) is 0 Å². The van der Waals surface area contributed by atoms with Crippen molar-refractivity contribution in [2.75, 3.05) is 46.3 Å². The Kier molecular flexibility index (Phi) is 11.0. The average Bonchev–Trinajstić information content (AvgIpc) is 2.70. The zero-order valence-electron chi connectivity index (χ0n) is 17.9. The number of guanidine groups is 1. The molecule has 1 aromatic carbocycles. The van der Waals surface area contributed by atoms with Crippen LogP contribution in [0.15, 0.2) is 29.3 Å². The Balaban J connectivity index is 0.00000300. The van der Waals surface area contributed by atoms with E-state index < -0.39 is 0 Å². The van der Waals surface area contributed by atoms with Crippen LogP contribution in [0.2, 0.25) is 5.02 Å². The molecule has 1 unspecified atom stereocenters. The molecule has 3 rings (SSSR count). The van der Waals surface area contributed by atoms with Crippen LogP contribution >= 0.6 is 35.6 Å². The lowest BCUT2D eigenvalue weighted by atomic mass is 9.99. The summed E-state index contributed by atoms with van der Waals surface area (Å²) in [5, 5.41) is 7.92. The van der Waals surface area contributed by atoms with Gasteiger partial charge in [0.1, 0.15) is 0 Å². The van der Waals surface area contributed by atoms with Crippen molar-refractivity contribution in [3.05, 3.63) is 34.9 Å². The van der Waals surface area contributed by atoms with Crippen LogP contribution in [0.1, 0.15) is 38.2 Å². The number of likely N-dealkylation sites (tertiary alicyclic amines) is 2. The number of piperidine rings is 2. The van der Waals surface area contributed by atoms with E-state index in [9.17, 15) is 0 Å². The first kappa shape index (κ1) is 24.7. The van der Waals surface area contributed by atoms with Crippen molar-refractivity contribution in [1.82, 2.24) is 20.4 Å². The van der Waals surface area contributed by atoms with Crippen molar-refractivity contribution in [3.63, 3.8) is 0 Å². The van der Waals surface area contributed by atoms with Gasteiger partial charge in [-0.1, -0.05) is 23.7 Å². The smallest absolute Gasteiger partial charge is 0.191 e. The number of nitrogens with zero attached hydrogens (tertiary/aromatic N) is 3. The summed E-state index contributed by atoms with van der Waals surface area (Å²) in [7, 11) is 2.22. The maximum atomic E-state index is 5.99. The molecule has 0 aromatic heterocycles. The Morgan fingerprint density at radius 2 is 1.86 bits per heavy atom. The number of aliphatic imine (C=N–C) groups is 1. The first-order valence-corrected chi connectivity index (χ1v) is 11.2. The van der Waals surface area contributed by atoms with Crippen molar-refractivity contribution < 1.29 is 0 Å². The Morgan fingerprint density at radius 1 is 1.14 bits per heavy atom. The third kappa shape index (κ3) is 8.59. The summed E-state index contributed by atoms with van der Waals surface area (Å²) in [6.07, 6.45) is 4.91. The molecule has 2 N–H and O–H groups in total. The summed E-state index contributed by atoms with van der Waals surface area (Å²) >= 11 is 5.99. The quantitative estimate of drug-likeness (QED) is 0.332. The normalized spacial score (nSPS) is 22.2. The summed E-state index contributed by atoms with van der Waals surface area (Å²) in [6, 6.07) is 8.73. The topological polar surface area (TPSA) is 42.9 Å². The molecule has 2 aliphatic heterocycles. The van der Waals surface area contributed by atoms with Gasteiger partial charge in [-0.25, -0.2) is 0 Å². The van der Waals surface area contributed by atoms with E-state index >= 15 is 0 Å². The number of hydrogen-bond donors (Lipinski definition) is 2. The first-order valence-electron chi connectivity index (χ1n) is 10.8. The van der Waals surface area contributed by atoms with Gasteiger partial charge < -0.3 is 15.5 Å². The van der Waals surface area contributed by atoms with Gasteiger partial charge in [0.15, 0.2) is 5.96 Å². The van der Waals surface area contributed by atoms with Crippen LogP contribution < -0.4 is 10.6 Å². The van der Waals surface area contributed by atoms with Gasteiger partial charge in [-0.15, -0.1) is 24.0 Å². The van der Waals surface area contributed by atoms with Crippen molar-refractivity contribution >= 4 is 41.5 Å². The third-order valence-electron chi connectivity index (χ3n) is 5.82. The fourth-order valence-electron chi connectivity index (χ4n) is 4.24. The Bertz CT molecular complexity index is 616. The monoisotopic (exact) mass is 533 g/mol. The van der Waals surface area contributed by atoms with E-state index in [1.165, 1.54) is 31.5 Å². The number of hydrogen-bond acceptors (Lipinski definition) is 3. The summed E-state index contributed by atoms with van der Waals surface area (Å²) in [5.41, 5.74) is 1.34. The second-order valence-electron chi connectivity index (χ2n) is 8.31. The SMILES string of the molecule is CCNC(=NCC1CCCN(C)C1)NC1CCN(Cc2ccc(Cl)cc2)CC1.I. The molecule has 0 bridgehead atoms. The minimum atomic E-state index is 0. The highest BCUT2D eigenvalue weighted by Crippen LogP contribution is 2.17. The average molecular weight is 534 g/mol. The van der Waals surface area contributed by atoms with Crippen LogP contribution in [0.5, 0.6) is 0 Å². The van der Waals surface area contributed by atoms with Gasteiger partial charge in [-0.3, -0.25) is 9.89 Å². The zero-order valence-corrected chi connectivity index (χ0v) is 21.0. The van der Waals surface area contributed by atoms with E-state index in [2.05, 4.69) is 46.5 Å². The van der Waals surface area contributed by atoms with E-state index in [1.54, 1.807) is 0 Å². The standard InChI is InChI=1S/C22H36ClN5.HI/c1-3-24-22(25-15-19-5-4-12-27(2)16-19)26-21-10-13-28(14-11-21)17-18-6-8-20(23)9-7-18;/h6-9,19,21H,3-5,10-17H2,1-2H3,(H2,24,25,26);1H. The van der Waals surface area contributed by atoms with Gasteiger partial charge in [0.2, 0.25) is 0 Å². The van der Waals surface area contributed by atoms with E-state index in [1.807, 2.05) is 12.1 Å². The maximum Gasteiger partial charge on any atom is 0.191 e. The van der Waals surface area contributed by atoms with Crippen molar-refractivity contribution in [3.8, 4) is 0 Å². The Labute approximate surface area is 198 Å². The fraction of sp³-hybridized carbons (Fsp3) is 0.682. The lowest BCUT2D eigenvalue weighted by molar-refractivity contribution is 0.198. The van der Waals surface area contributed by atoms with Crippen LogP contribution in [0, 0.1) is 5.92 Å². The lowest BCUT2D eigenvalue weighted by Gasteiger charge is -2.33. The van der Waals surface area contributed by atoms with E-state index in [-0.39, 0.29) is 24.0 Å². The van der Waals surface area contributed by atoms with Crippen LogP contribution in [0.25, 0.3) is 0 Å². The lowest BCUT2D eigenvalue weighted by Crippen LogP contribution is -2.48. The van der Waals surface area contributed by atoms with E-state index in [4.69, 9.17) is 16.6 Å². The maximum absolute atomic E-state index is 5.99. The highest BCUT2D eigenvalue weighted by atomic mass is 127. The molecule has 7 heteroatoms. The van der Waals surface area contributed by atoms with Crippen molar-refractivity contribution in [2.24, 2.45) is 10.9 Å². The zero-order chi connectivity index (χ0) is 19.8. The molecule has 29 heavy (non-hydrogen) atoms. The predicted octanol–water partition coefficient (Wildman–Crippen LogP) is 3.82. The molecular formula is C22H37ClIN5. The second-order valence-corrected chi connectivity index (χ2v) is 8.75. The molecule has 2 aliphatic rings. The molecule has 0 radical (unpaired) electrons. The molecule has 1 atom stereocenters. The van der Waals surface area contributed by atoms with Gasteiger partial charge in [-0.05, 0) is 69.8 Å². The number of halogens is 2. The molecule has 5 nitrogen and oxygen atoms in total. The minimum absolute atomic E-state index is 0. The first-order chi connectivity index (χ1) is 13.6. The molecule has 2 heterocycles.